The van der Waals surface area contributed by atoms with Gasteiger partial charge in [0, 0.05) is 11.8 Å². The van der Waals surface area contributed by atoms with Crippen molar-refractivity contribution in [1.29, 1.82) is 0 Å². The predicted octanol–water partition coefficient (Wildman–Crippen LogP) is 3.57. The van der Waals surface area contributed by atoms with Crippen LogP contribution < -0.4 is 4.74 Å². The molecule has 0 fully saturated rings. The van der Waals surface area contributed by atoms with Crippen molar-refractivity contribution in [3.8, 4) is 22.6 Å². The van der Waals surface area contributed by atoms with Crippen LogP contribution in [0.4, 0.5) is 0 Å². The first-order valence-electron chi connectivity index (χ1n) is 6.33. The Morgan fingerprint density at radius 3 is 2.57 bits per heavy atom. The van der Waals surface area contributed by atoms with Crippen LogP contribution >= 0.6 is 0 Å². The monoisotopic (exact) mass is 280 g/mol. The summed E-state index contributed by atoms with van der Waals surface area (Å²) in [5.74, 6) is -0.136. The number of para-hydroxylation sites is 1. The van der Waals surface area contributed by atoms with Gasteiger partial charge in [-0.1, -0.05) is 24.3 Å². The van der Waals surface area contributed by atoms with Crippen LogP contribution in [0.3, 0.4) is 0 Å². The first-order valence-corrected chi connectivity index (χ1v) is 6.33. The average molecular weight is 280 g/mol. The minimum Gasteiger partial charge on any atom is -0.478 e. The van der Waals surface area contributed by atoms with Crippen molar-refractivity contribution >= 4 is 5.97 Å². The van der Waals surface area contributed by atoms with E-state index in [1.807, 2.05) is 18.2 Å². The van der Waals surface area contributed by atoms with Gasteiger partial charge in [0.2, 0.25) is 0 Å². The summed E-state index contributed by atoms with van der Waals surface area (Å²) in [5, 5.41) is 15.9. The summed E-state index contributed by atoms with van der Waals surface area (Å²) in [4.78, 5) is 11.4. The molecule has 0 aliphatic rings. The maximum absolute atomic E-state index is 11.4. The molecule has 1 heterocycles. The Morgan fingerprint density at radius 2 is 1.90 bits per heavy atom. The van der Waals surface area contributed by atoms with Crippen LogP contribution in [0.1, 0.15) is 10.4 Å². The van der Waals surface area contributed by atoms with Crippen LogP contribution in [-0.4, -0.2) is 21.3 Å². The van der Waals surface area contributed by atoms with Crippen molar-refractivity contribution in [2.75, 3.05) is 0 Å². The van der Waals surface area contributed by atoms with E-state index >= 15 is 0 Å². The molecule has 2 aromatic carbocycles. The number of H-pyrrole nitrogens is 1. The minimum absolute atomic E-state index is 0.109. The standard InChI is InChI=1S/C16H12N2O3/c19-16(20)14-8-11(12-9-17-18-10-12)6-7-15(14)21-13-4-2-1-3-5-13/h1-10H,(H,17,18)(H,19,20). The van der Waals surface area contributed by atoms with E-state index in [1.54, 1.807) is 42.7 Å². The Hall–Kier alpha value is -3.08. The van der Waals surface area contributed by atoms with E-state index in [1.165, 1.54) is 0 Å². The fraction of sp³-hybridized carbons (Fsp3) is 0. The molecule has 3 rings (SSSR count). The number of carboxylic acids is 1. The summed E-state index contributed by atoms with van der Waals surface area (Å²) in [6.45, 7) is 0. The van der Waals surface area contributed by atoms with E-state index in [4.69, 9.17) is 4.74 Å². The molecule has 0 bridgehead atoms. The smallest absolute Gasteiger partial charge is 0.339 e. The van der Waals surface area contributed by atoms with Crippen LogP contribution in [0, 0.1) is 0 Å². The number of nitrogens with one attached hydrogen (secondary N) is 1. The third-order valence-electron chi connectivity index (χ3n) is 3.01. The number of carboxylic acid groups (broad SMARTS) is 1. The normalized spacial score (nSPS) is 10.3. The van der Waals surface area contributed by atoms with Crippen molar-refractivity contribution < 1.29 is 14.6 Å². The number of nitrogens with zero attached hydrogens (tertiary/aromatic N) is 1. The molecular formula is C16H12N2O3. The zero-order chi connectivity index (χ0) is 14.7. The van der Waals surface area contributed by atoms with Crippen LogP contribution in [-0.2, 0) is 0 Å². The van der Waals surface area contributed by atoms with Gasteiger partial charge in [-0.05, 0) is 29.8 Å². The maximum atomic E-state index is 11.4. The highest BCUT2D eigenvalue weighted by molar-refractivity contribution is 5.92. The highest BCUT2D eigenvalue weighted by Crippen LogP contribution is 2.29. The molecule has 0 aliphatic heterocycles. The van der Waals surface area contributed by atoms with Crippen molar-refractivity contribution in [2.24, 2.45) is 0 Å². The first-order chi connectivity index (χ1) is 10.2. The first kappa shape index (κ1) is 12.9. The number of carbonyl (C=O) groups is 1. The number of hydrogen-bond donors (Lipinski definition) is 2. The van der Waals surface area contributed by atoms with Gasteiger partial charge in [0.05, 0.1) is 6.20 Å². The molecule has 0 aliphatic carbocycles. The van der Waals surface area contributed by atoms with Gasteiger partial charge in [-0.3, -0.25) is 5.10 Å². The van der Waals surface area contributed by atoms with Gasteiger partial charge in [-0.15, -0.1) is 0 Å². The Kier molecular flexibility index (Phi) is 3.39. The van der Waals surface area contributed by atoms with E-state index in [0.29, 0.717) is 11.5 Å². The van der Waals surface area contributed by atoms with Crippen LogP contribution in [0.25, 0.3) is 11.1 Å². The number of ether oxygens (including phenoxy) is 1. The second kappa shape index (κ2) is 5.50. The van der Waals surface area contributed by atoms with E-state index in [0.717, 1.165) is 11.1 Å². The van der Waals surface area contributed by atoms with Gasteiger partial charge in [-0.25, -0.2) is 4.79 Å². The lowest BCUT2D eigenvalue weighted by Gasteiger charge is -2.10. The molecule has 0 atom stereocenters. The topological polar surface area (TPSA) is 75.2 Å². The Morgan fingerprint density at radius 1 is 1.10 bits per heavy atom. The maximum Gasteiger partial charge on any atom is 0.339 e. The SMILES string of the molecule is O=C(O)c1cc(-c2cn[nH]c2)ccc1Oc1ccccc1. The van der Waals surface area contributed by atoms with Gasteiger partial charge in [-0.2, -0.15) is 5.10 Å². The largest absolute Gasteiger partial charge is 0.478 e. The minimum atomic E-state index is -1.04. The Labute approximate surface area is 120 Å². The summed E-state index contributed by atoms with van der Waals surface area (Å²) < 4.78 is 5.64. The molecule has 0 saturated heterocycles. The quantitative estimate of drug-likeness (QED) is 0.766. The number of benzene rings is 2. The molecule has 0 saturated carbocycles. The summed E-state index contributed by atoms with van der Waals surface area (Å²) in [7, 11) is 0. The van der Waals surface area contributed by atoms with Gasteiger partial charge in [0.15, 0.2) is 0 Å². The fourth-order valence-corrected chi connectivity index (χ4v) is 1.99. The lowest BCUT2D eigenvalue weighted by atomic mass is 10.1. The van der Waals surface area contributed by atoms with Gasteiger partial charge in [0.25, 0.3) is 0 Å². The third kappa shape index (κ3) is 2.76. The zero-order valence-electron chi connectivity index (χ0n) is 11.0. The molecule has 2 N–H and O–H groups in total. The molecule has 1 aromatic heterocycles. The van der Waals surface area contributed by atoms with Crippen LogP contribution in [0.15, 0.2) is 60.9 Å². The van der Waals surface area contributed by atoms with Crippen LogP contribution in [0.5, 0.6) is 11.5 Å². The molecule has 0 radical (unpaired) electrons. The number of hydrogen-bond acceptors (Lipinski definition) is 3. The third-order valence-corrected chi connectivity index (χ3v) is 3.01. The second-order valence-corrected chi connectivity index (χ2v) is 4.42. The molecule has 104 valence electrons. The number of rotatable bonds is 4. The lowest BCUT2D eigenvalue weighted by Crippen LogP contribution is -2.00. The molecule has 5 nitrogen and oxygen atoms in total. The Bertz CT molecular complexity index is 752. The summed E-state index contributed by atoms with van der Waals surface area (Å²) in [6, 6.07) is 14.1. The van der Waals surface area contributed by atoms with Crippen molar-refractivity contribution in [2.45, 2.75) is 0 Å². The van der Waals surface area contributed by atoms with E-state index in [2.05, 4.69) is 10.2 Å². The molecular weight excluding hydrogens is 268 g/mol. The van der Waals surface area contributed by atoms with Gasteiger partial charge < -0.3 is 9.84 Å². The van der Waals surface area contributed by atoms with E-state index < -0.39 is 5.97 Å². The Balaban J connectivity index is 1.99. The summed E-state index contributed by atoms with van der Waals surface area (Å²) >= 11 is 0. The van der Waals surface area contributed by atoms with E-state index in [9.17, 15) is 9.90 Å². The molecule has 0 spiro atoms. The molecule has 21 heavy (non-hydrogen) atoms. The molecule has 0 unspecified atom stereocenters. The number of aromatic nitrogens is 2. The molecule has 0 amide bonds. The van der Waals surface area contributed by atoms with Gasteiger partial charge >= 0.3 is 5.97 Å². The fourth-order valence-electron chi connectivity index (χ4n) is 1.99. The van der Waals surface area contributed by atoms with Crippen LogP contribution in [0.2, 0.25) is 0 Å². The second-order valence-electron chi connectivity index (χ2n) is 4.42. The zero-order valence-corrected chi connectivity index (χ0v) is 11.0. The van der Waals surface area contributed by atoms with Gasteiger partial charge in [0.1, 0.15) is 17.1 Å². The molecule has 3 aromatic rings. The highest BCUT2D eigenvalue weighted by Gasteiger charge is 2.14. The highest BCUT2D eigenvalue weighted by atomic mass is 16.5. The average Bonchev–Trinajstić information content (AvgIpc) is 3.03. The van der Waals surface area contributed by atoms with Crippen molar-refractivity contribution in [1.82, 2.24) is 10.2 Å². The predicted molar refractivity (Wildman–Crippen MR) is 77.5 cm³/mol. The number of aromatic amines is 1. The van der Waals surface area contributed by atoms with E-state index in [-0.39, 0.29) is 5.56 Å². The summed E-state index contributed by atoms with van der Waals surface area (Å²) in [6.07, 6.45) is 3.34. The summed E-state index contributed by atoms with van der Waals surface area (Å²) in [5.41, 5.74) is 1.70. The van der Waals surface area contributed by atoms with Crippen molar-refractivity contribution in [3.05, 3.63) is 66.5 Å². The van der Waals surface area contributed by atoms with Crippen molar-refractivity contribution in [3.63, 3.8) is 0 Å². The number of aromatic carboxylic acids is 1. The lowest BCUT2D eigenvalue weighted by molar-refractivity contribution is 0.0694. The molecule has 5 heteroatoms.